The number of likely N-dealkylation sites (tertiary alicyclic amines) is 1. The van der Waals surface area contributed by atoms with E-state index in [2.05, 4.69) is 46.4 Å². The van der Waals surface area contributed by atoms with Gasteiger partial charge in [0.25, 0.3) is 0 Å². The highest BCUT2D eigenvalue weighted by Gasteiger charge is 2.41. The maximum absolute atomic E-state index is 2.63. The Morgan fingerprint density at radius 2 is 1.57 bits per heavy atom. The van der Waals surface area contributed by atoms with Crippen molar-refractivity contribution >= 4 is 0 Å². The molecule has 0 radical (unpaired) electrons. The van der Waals surface area contributed by atoms with E-state index < -0.39 is 0 Å². The van der Waals surface area contributed by atoms with Gasteiger partial charge in [-0.2, -0.15) is 0 Å². The molecule has 0 N–H and O–H groups in total. The fraction of sp³-hybridized carbons (Fsp3) is 1.00. The molecule has 1 aliphatic heterocycles. The highest BCUT2D eigenvalue weighted by molar-refractivity contribution is 4.96. The van der Waals surface area contributed by atoms with E-state index in [1.54, 1.807) is 0 Å². The van der Waals surface area contributed by atoms with Crippen molar-refractivity contribution in [3.05, 3.63) is 0 Å². The molecule has 1 fully saturated rings. The summed E-state index contributed by atoms with van der Waals surface area (Å²) in [6, 6.07) is 0. The van der Waals surface area contributed by atoms with Gasteiger partial charge in [0.1, 0.15) is 0 Å². The van der Waals surface area contributed by atoms with E-state index >= 15 is 0 Å². The molecule has 1 rings (SSSR count). The lowest BCUT2D eigenvalue weighted by Gasteiger charge is -2.42. The average Bonchev–Trinajstić information content (AvgIpc) is 2.27. The standard InChI is InChI=1S/C11H23N.C2H6/c1-9-7-11(5,6)12(8-9)10(2,3)4;1-2/h9H,7-8H2,1-6H3;1-2H3. The van der Waals surface area contributed by atoms with Gasteiger partial charge in [0, 0.05) is 17.6 Å². The Kier molecular flexibility index (Phi) is 4.64. The van der Waals surface area contributed by atoms with Gasteiger partial charge in [0.15, 0.2) is 0 Å². The molecule has 0 bridgehead atoms. The summed E-state index contributed by atoms with van der Waals surface area (Å²) in [5.74, 6) is 0.860. The van der Waals surface area contributed by atoms with Gasteiger partial charge in [-0.1, -0.05) is 20.8 Å². The van der Waals surface area contributed by atoms with Gasteiger partial charge in [-0.3, -0.25) is 4.90 Å². The van der Waals surface area contributed by atoms with Crippen LogP contribution in [0.1, 0.15) is 61.8 Å². The molecule has 14 heavy (non-hydrogen) atoms. The molecule has 1 atom stereocenters. The normalized spacial score (nSPS) is 27.0. The third-order valence-electron chi connectivity index (χ3n) is 2.88. The lowest BCUT2D eigenvalue weighted by Crippen LogP contribution is -2.49. The maximum Gasteiger partial charge on any atom is 0.0161 e. The molecule has 1 heteroatoms. The van der Waals surface area contributed by atoms with Crippen LogP contribution in [0.3, 0.4) is 0 Å². The zero-order valence-electron chi connectivity index (χ0n) is 11.4. The molecule has 1 heterocycles. The lowest BCUT2D eigenvalue weighted by molar-refractivity contribution is 0.0673. The van der Waals surface area contributed by atoms with Crippen molar-refractivity contribution in [1.82, 2.24) is 4.90 Å². The van der Waals surface area contributed by atoms with Gasteiger partial charge in [-0.05, 0) is 47.0 Å². The Labute approximate surface area is 90.9 Å². The zero-order valence-corrected chi connectivity index (χ0v) is 11.4. The van der Waals surface area contributed by atoms with Crippen LogP contribution in [0.5, 0.6) is 0 Å². The van der Waals surface area contributed by atoms with Crippen molar-refractivity contribution in [2.45, 2.75) is 72.9 Å². The Morgan fingerprint density at radius 1 is 1.14 bits per heavy atom. The molecule has 1 saturated heterocycles. The first-order chi connectivity index (χ1) is 6.23. The first kappa shape index (κ1) is 14.0. The summed E-state index contributed by atoms with van der Waals surface area (Å²) < 4.78 is 0. The third kappa shape index (κ3) is 3.27. The zero-order chi connectivity index (χ0) is 11.6. The predicted molar refractivity (Wildman–Crippen MR) is 65.7 cm³/mol. The molecule has 0 saturated carbocycles. The Hall–Kier alpha value is -0.0400. The second kappa shape index (κ2) is 4.65. The Balaban J connectivity index is 0.000000791. The van der Waals surface area contributed by atoms with Gasteiger partial charge < -0.3 is 0 Å². The van der Waals surface area contributed by atoms with Crippen LogP contribution in [0.2, 0.25) is 0 Å². The predicted octanol–water partition coefficient (Wildman–Crippen LogP) is 3.93. The highest BCUT2D eigenvalue weighted by atomic mass is 15.3. The van der Waals surface area contributed by atoms with Crippen molar-refractivity contribution in [2.75, 3.05) is 6.54 Å². The number of hydrogen-bond donors (Lipinski definition) is 0. The van der Waals surface area contributed by atoms with Crippen LogP contribution in [0.15, 0.2) is 0 Å². The monoisotopic (exact) mass is 199 g/mol. The maximum atomic E-state index is 2.63. The summed E-state index contributed by atoms with van der Waals surface area (Å²) in [7, 11) is 0. The minimum Gasteiger partial charge on any atom is -0.293 e. The third-order valence-corrected chi connectivity index (χ3v) is 2.88. The van der Waals surface area contributed by atoms with E-state index in [9.17, 15) is 0 Å². The van der Waals surface area contributed by atoms with Crippen LogP contribution in [-0.4, -0.2) is 22.5 Å². The topological polar surface area (TPSA) is 3.24 Å². The van der Waals surface area contributed by atoms with E-state index in [0.717, 1.165) is 5.92 Å². The highest BCUT2D eigenvalue weighted by Crippen LogP contribution is 2.37. The molecule has 0 aromatic rings. The van der Waals surface area contributed by atoms with Gasteiger partial charge in [-0.25, -0.2) is 0 Å². The Morgan fingerprint density at radius 3 is 1.71 bits per heavy atom. The molecule has 1 aliphatic rings. The van der Waals surface area contributed by atoms with E-state index in [-0.39, 0.29) is 0 Å². The molecule has 0 amide bonds. The first-order valence-corrected chi connectivity index (χ1v) is 6.01. The van der Waals surface area contributed by atoms with Crippen molar-refractivity contribution in [1.29, 1.82) is 0 Å². The molecule has 1 nitrogen and oxygen atoms in total. The van der Waals surface area contributed by atoms with Gasteiger partial charge in [0.05, 0.1) is 0 Å². The molecule has 0 aromatic heterocycles. The van der Waals surface area contributed by atoms with Crippen LogP contribution >= 0.6 is 0 Å². The van der Waals surface area contributed by atoms with Gasteiger partial charge >= 0.3 is 0 Å². The van der Waals surface area contributed by atoms with Crippen LogP contribution in [0.4, 0.5) is 0 Å². The van der Waals surface area contributed by atoms with Crippen LogP contribution in [-0.2, 0) is 0 Å². The van der Waals surface area contributed by atoms with Crippen LogP contribution < -0.4 is 0 Å². The van der Waals surface area contributed by atoms with Crippen molar-refractivity contribution in [3.63, 3.8) is 0 Å². The average molecular weight is 199 g/mol. The van der Waals surface area contributed by atoms with E-state index in [1.165, 1.54) is 13.0 Å². The fourth-order valence-electron chi connectivity index (χ4n) is 2.77. The largest absolute Gasteiger partial charge is 0.293 e. The summed E-state index contributed by atoms with van der Waals surface area (Å²) in [6.07, 6.45) is 1.34. The molecule has 0 aliphatic carbocycles. The van der Waals surface area contributed by atoms with Crippen molar-refractivity contribution < 1.29 is 0 Å². The number of hydrogen-bond acceptors (Lipinski definition) is 1. The van der Waals surface area contributed by atoms with Gasteiger partial charge in [0.2, 0.25) is 0 Å². The summed E-state index contributed by atoms with van der Waals surface area (Å²) in [5, 5.41) is 0. The summed E-state index contributed by atoms with van der Waals surface area (Å²) in [6.45, 7) is 19.3. The lowest BCUT2D eigenvalue weighted by atomic mass is 9.94. The van der Waals surface area contributed by atoms with E-state index in [1.807, 2.05) is 13.8 Å². The van der Waals surface area contributed by atoms with Crippen LogP contribution in [0.25, 0.3) is 0 Å². The molecule has 0 aromatic carbocycles. The smallest absolute Gasteiger partial charge is 0.0161 e. The minimum atomic E-state index is 0.328. The number of nitrogens with zero attached hydrogens (tertiary/aromatic N) is 1. The SMILES string of the molecule is CC.CC1CN(C(C)(C)C)C(C)(C)C1. The quantitative estimate of drug-likeness (QED) is 0.571. The van der Waals surface area contributed by atoms with Crippen molar-refractivity contribution in [2.24, 2.45) is 5.92 Å². The summed E-state index contributed by atoms with van der Waals surface area (Å²) in [5.41, 5.74) is 0.728. The number of rotatable bonds is 0. The molecular formula is C13H29N. The summed E-state index contributed by atoms with van der Waals surface area (Å²) in [4.78, 5) is 2.63. The second-order valence-electron chi connectivity index (χ2n) is 5.90. The molecule has 0 spiro atoms. The van der Waals surface area contributed by atoms with Gasteiger partial charge in [-0.15, -0.1) is 0 Å². The molecular weight excluding hydrogens is 170 g/mol. The minimum absolute atomic E-state index is 0.328. The van der Waals surface area contributed by atoms with Crippen LogP contribution in [0, 0.1) is 5.92 Å². The Bertz CT molecular complexity index is 165. The fourth-order valence-corrected chi connectivity index (χ4v) is 2.77. The molecule has 86 valence electrons. The second-order valence-corrected chi connectivity index (χ2v) is 5.90. The van der Waals surface area contributed by atoms with E-state index in [4.69, 9.17) is 0 Å². The summed E-state index contributed by atoms with van der Waals surface area (Å²) >= 11 is 0. The van der Waals surface area contributed by atoms with Crippen molar-refractivity contribution in [3.8, 4) is 0 Å². The van der Waals surface area contributed by atoms with E-state index in [0.29, 0.717) is 11.1 Å². The first-order valence-electron chi connectivity index (χ1n) is 6.01. The molecule has 1 unspecified atom stereocenters.